The number of aromatic nitrogens is 2. The molecule has 2 aliphatic heterocycles. The van der Waals surface area contributed by atoms with Gasteiger partial charge in [-0.25, -0.2) is 18.4 Å². The predicted octanol–water partition coefficient (Wildman–Crippen LogP) is 3.41. The van der Waals surface area contributed by atoms with Crippen LogP contribution in [0.1, 0.15) is 22.1 Å². The summed E-state index contributed by atoms with van der Waals surface area (Å²) in [4.78, 5) is 11.8. The SMILES string of the molecule is Cc1ncsc1CN1C[C@H]2c3cc(-c4ccc(F)nc4)ccc3S(=O)(=O)[C@H]2C1. The minimum absolute atomic E-state index is 0.0402. The lowest BCUT2D eigenvalue weighted by molar-refractivity contribution is 0.327. The molecule has 2 atom stereocenters. The summed E-state index contributed by atoms with van der Waals surface area (Å²) in [7, 11) is -3.34. The monoisotopic (exact) mass is 415 g/mol. The maximum atomic E-state index is 13.1. The van der Waals surface area contributed by atoms with Crippen LogP contribution in [0.2, 0.25) is 0 Å². The van der Waals surface area contributed by atoms with E-state index in [1.54, 1.807) is 29.5 Å². The van der Waals surface area contributed by atoms with Gasteiger partial charge in [-0.15, -0.1) is 11.3 Å². The molecule has 1 fully saturated rings. The van der Waals surface area contributed by atoms with Crippen molar-refractivity contribution < 1.29 is 12.8 Å². The first-order chi connectivity index (χ1) is 13.4. The minimum Gasteiger partial charge on any atom is -0.296 e. The molecule has 0 amide bonds. The molecule has 3 aromatic rings. The average Bonchev–Trinajstić information content (AvgIpc) is 3.33. The van der Waals surface area contributed by atoms with Crippen molar-refractivity contribution in [3.05, 3.63) is 64.1 Å². The zero-order valence-corrected chi connectivity index (χ0v) is 16.8. The second-order valence-electron chi connectivity index (χ2n) is 7.37. The van der Waals surface area contributed by atoms with Gasteiger partial charge in [0.05, 0.1) is 21.3 Å². The van der Waals surface area contributed by atoms with E-state index in [1.807, 2.05) is 18.5 Å². The van der Waals surface area contributed by atoms with Crippen LogP contribution in [0.15, 0.2) is 46.9 Å². The molecule has 1 aromatic carbocycles. The summed E-state index contributed by atoms with van der Waals surface area (Å²) in [5.74, 6) is -0.570. The molecule has 0 spiro atoms. The van der Waals surface area contributed by atoms with E-state index < -0.39 is 21.0 Å². The fourth-order valence-electron chi connectivity index (χ4n) is 4.26. The summed E-state index contributed by atoms with van der Waals surface area (Å²) in [5, 5.41) is -0.405. The van der Waals surface area contributed by atoms with Crippen LogP contribution in [0.25, 0.3) is 11.1 Å². The molecule has 5 rings (SSSR count). The van der Waals surface area contributed by atoms with Gasteiger partial charge in [-0.3, -0.25) is 4.90 Å². The highest BCUT2D eigenvalue weighted by Gasteiger charge is 2.50. The van der Waals surface area contributed by atoms with Crippen LogP contribution in [0.5, 0.6) is 0 Å². The molecule has 0 unspecified atom stereocenters. The molecule has 5 nitrogen and oxygen atoms in total. The Kier molecular flexibility index (Phi) is 4.12. The lowest BCUT2D eigenvalue weighted by atomic mass is 9.95. The molecule has 1 saturated heterocycles. The zero-order chi connectivity index (χ0) is 19.5. The highest BCUT2D eigenvalue weighted by atomic mass is 32.2. The predicted molar refractivity (Wildman–Crippen MR) is 105 cm³/mol. The fraction of sp³-hybridized carbons (Fsp3) is 0.300. The van der Waals surface area contributed by atoms with Gasteiger partial charge in [-0.1, -0.05) is 6.07 Å². The second kappa shape index (κ2) is 6.43. The Labute approximate surface area is 166 Å². The van der Waals surface area contributed by atoms with Crippen LogP contribution in [0, 0.1) is 12.9 Å². The third-order valence-corrected chi connectivity index (χ3v) is 8.91. The van der Waals surface area contributed by atoms with E-state index in [2.05, 4.69) is 14.9 Å². The maximum absolute atomic E-state index is 13.1. The van der Waals surface area contributed by atoms with Crippen LogP contribution in [-0.2, 0) is 16.4 Å². The summed E-state index contributed by atoms with van der Waals surface area (Å²) < 4.78 is 39.3. The molecule has 4 heterocycles. The lowest BCUT2D eigenvalue weighted by Gasteiger charge is -2.17. The Balaban J connectivity index is 1.49. The second-order valence-corrected chi connectivity index (χ2v) is 10.4. The van der Waals surface area contributed by atoms with E-state index >= 15 is 0 Å². The van der Waals surface area contributed by atoms with Gasteiger partial charge in [0.2, 0.25) is 5.95 Å². The van der Waals surface area contributed by atoms with Crippen LogP contribution >= 0.6 is 11.3 Å². The number of nitrogens with zero attached hydrogens (tertiary/aromatic N) is 3. The minimum atomic E-state index is -3.34. The van der Waals surface area contributed by atoms with Crippen molar-refractivity contribution in [3.8, 4) is 11.1 Å². The summed E-state index contributed by atoms with van der Waals surface area (Å²) >= 11 is 1.61. The van der Waals surface area contributed by atoms with Gasteiger partial charge in [-0.05, 0) is 42.3 Å². The Morgan fingerprint density at radius 1 is 1.18 bits per heavy atom. The van der Waals surface area contributed by atoms with Gasteiger partial charge in [0.1, 0.15) is 0 Å². The van der Waals surface area contributed by atoms with Gasteiger partial charge in [0.25, 0.3) is 0 Å². The van der Waals surface area contributed by atoms with E-state index in [-0.39, 0.29) is 5.92 Å². The van der Waals surface area contributed by atoms with Crippen molar-refractivity contribution in [2.45, 2.75) is 29.5 Å². The van der Waals surface area contributed by atoms with Gasteiger partial charge < -0.3 is 0 Å². The van der Waals surface area contributed by atoms with Crippen LogP contribution in [-0.4, -0.2) is 41.6 Å². The maximum Gasteiger partial charge on any atom is 0.212 e. The first-order valence-corrected chi connectivity index (χ1v) is 11.5. The largest absolute Gasteiger partial charge is 0.296 e. The molecule has 0 bridgehead atoms. The highest BCUT2D eigenvalue weighted by molar-refractivity contribution is 7.92. The number of hydrogen-bond donors (Lipinski definition) is 0. The van der Waals surface area contributed by atoms with Crippen molar-refractivity contribution in [3.63, 3.8) is 0 Å². The van der Waals surface area contributed by atoms with Crippen molar-refractivity contribution in [1.29, 1.82) is 0 Å². The normalized spacial score (nSPS) is 22.9. The summed E-state index contributed by atoms with van der Waals surface area (Å²) in [6.07, 6.45) is 1.48. The lowest BCUT2D eigenvalue weighted by Crippen LogP contribution is -2.25. The Morgan fingerprint density at radius 3 is 2.71 bits per heavy atom. The fourth-order valence-corrected chi connectivity index (χ4v) is 7.28. The Hall–Kier alpha value is -2.16. The molecule has 8 heteroatoms. The van der Waals surface area contributed by atoms with Gasteiger partial charge >= 0.3 is 0 Å². The van der Waals surface area contributed by atoms with Crippen LogP contribution < -0.4 is 0 Å². The third-order valence-electron chi connectivity index (χ3n) is 5.73. The number of benzene rings is 1. The van der Waals surface area contributed by atoms with E-state index in [1.165, 1.54) is 17.1 Å². The quantitative estimate of drug-likeness (QED) is 0.614. The van der Waals surface area contributed by atoms with Gasteiger partial charge in [-0.2, -0.15) is 4.39 Å². The molecule has 0 N–H and O–H groups in total. The van der Waals surface area contributed by atoms with Crippen molar-refractivity contribution in [1.82, 2.24) is 14.9 Å². The van der Waals surface area contributed by atoms with Crippen LogP contribution in [0.4, 0.5) is 4.39 Å². The number of thiazole rings is 1. The number of likely N-dealkylation sites (tertiary alicyclic amines) is 1. The van der Waals surface area contributed by atoms with Crippen LogP contribution in [0.3, 0.4) is 0 Å². The Bertz CT molecular complexity index is 1160. The summed E-state index contributed by atoms with van der Waals surface area (Å²) in [5.41, 5.74) is 5.35. The molecule has 0 aliphatic carbocycles. The smallest absolute Gasteiger partial charge is 0.212 e. The van der Waals surface area contributed by atoms with Crippen molar-refractivity contribution in [2.75, 3.05) is 13.1 Å². The molecule has 28 heavy (non-hydrogen) atoms. The molecule has 2 aromatic heterocycles. The third kappa shape index (κ3) is 2.78. The first-order valence-electron chi connectivity index (χ1n) is 9.04. The molecule has 2 aliphatic rings. The first kappa shape index (κ1) is 17.9. The van der Waals surface area contributed by atoms with E-state index in [4.69, 9.17) is 0 Å². The number of pyridine rings is 1. The molecule has 0 radical (unpaired) electrons. The van der Waals surface area contributed by atoms with E-state index in [0.29, 0.717) is 18.0 Å². The summed E-state index contributed by atoms with van der Waals surface area (Å²) in [6.45, 7) is 3.96. The average molecular weight is 416 g/mol. The summed E-state index contributed by atoms with van der Waals surface area (Å²) in [6, 6.07) is 8.40. The van der Waals surface area contributed by atoms with Crippen molar-refractivity contribution >= 4 is 21.2 Å². The van der Waals surface area contributed by atoms with Gasteiger partial charge in [0, 0.05) is 42.2 Å². The van der Waals surface area contributed by atoms with Gasteiger partial charge in [0.15, 0.2) is 9.84 Å². The molecule has 144 valence electrons. The van der Waals surface area contributed by atoms with E-state index in [0.717, 1.165) is 28.9 Å². The number of halogens is 1. The molecule has 0 saturated carbocycles. The highest BCUT2D eigenvalue weighted by Crippen LogP contribution is 2.46. The number of fused-ring (bicyclic) bond motifs is 3. The zero-order valence-electron chi connectivity index (χ0n) is 15.2. The van der Waals surface area contributed by atoms with Crippen molar-refractivity contribution in [2.24, 2.45) is 0 Å². The van der Waals surface area contributed by atoms with E-state index in [9.17, 15) is 12.8 Å². The number of sulfone groups is 1. The number of aryl methyl sites for hydroxylation is 1. The standard InChI is InChI=1S/C20H18FN3O2S2/c1-12-17(27-11-23-12)9-24-8-16-15-6-13(14-3-5-20(21)22-7-14)2-4-18(15)28(25,26)19(16)10-24/h2-7,11,16,19H,8-10H2,1H3/t16-,19-/m0/s1. The number of rotatable bonds is 3. The number of hydrogen-bond acceptors (Lipinski definition) is 6. The topological polar surface area (TPSA) is 63.2 Å². The molecular weight excluding hydrogens is 397 g/mol. The molecular formula is C20H18FN3O2S2. The Morgan fingerprint density at radius 2 is 2.00 bits per heavy atom.